The molecule has 8 heteroatoms. The SMILES string of the molecule is CN(C/C=C/C(=O)O)CCCCNS(=O)(=O)c1ccc(N)cc1. The summed E-state index contributed by atoms with van der Waals surface area (Å²) in [4.78, 5) is 12.5. The standard InChI is InChI=1S/C15H23N3O4S/c1-18(12-4-5-15(19)20)11-3-2-10-17-23(21,22)14-8-6-13(16)7-9-14/h4-9,17H,2-3,10-12,16H2,1H3,(H,19,20)/b5-4+. The highest BCUT2D eigenvalue weighted by molar-refractivity contribution is 7.89. The van der Waals surface area contributed by atoms with E-state index in [4.69, 9.17) is 10.8 Å². The second-order valence-electron chi connectivity index (χ2n) is 5.18. The Kier molecular flexibility index (Phi) is 7.73. The van der Waals surface area contributed by atoms with Crippen molar-refractivity contribution in [2.45, 2.75) is 17.7 Å². The van der Waals surface area contributed by atoms with Crippen LogP contribution in [0.2, 0.25) is 0 Å². The molecule has 1 aromatic rings. The number of carboxylic acid groups (broad SMARTS) is 1. The average Bonchev–Trinajstić information content (AvgIpc) is 2.47. The summed E-state index contributed by atoms with van der Waals surface area (Å²) in [5.41, 5.74) is 6.05. The van der Waals surface area contributed by atoms with Gasteiger partial charge in [-0.3, -0.25) is 0 Å². The summed E-state index contributed by atoms with van der Waals surface area (Å²) >= 11 is 0. The Morgan fingerprint density at radius 3 is 2.57 bits per heavy atom. The van der Waals surface area contributed by atoms with Crippen LogP contribution in [0.25, 0.3) is 0 Å². The summed E-state index contributed by atoms with van der Waals surface area (Å²) in [5, 5.41) is 8.48. The molecule has 128 valence electrons. The minimum atomic E-state index is -3.50. The fourth-order valence-electron chi connectivity index (χ4n) is 1.87. The fourth-order valence-corrected chi connectivity index (χ4v) is 2.94. The first-order valence-corrected chi connectivity index (χ1v) is 8.73. The second-order valence-corrected chi connectivity index (χ2v) is 6.94. The number of unbranched alkanes of at least 4 members (excludes halogenated alkanes) is 1. The van der Waals surface area contributed by atoms with Crippen molar-refractivity contribution < 1.29 is 18.3 Å². The number of sulfonamides is 1. The Balaban J connectivity index is 2.26. The number of aliphatic carboxylic acids is 1. The lowest BCUT2D eigenvalue weighted by Gasteiger charge is -2.14. The molecule has 0 atom stereocenters. The molecule has 0 aromatic heterocycles. The molecule has 4 N–H and O–H groups in total. The third-order valence-corrected chi connectivity index (χ3v) is 4.60. The zero-order chi connectivity index (χ0) is 17.3. The fraction of sp³-hybridized carbons (Fsp3) is 0.400. The monoisotopic (exact) mass is 341 g/mol. The molecule has 1 rings (SSSR count). The minimum Gasteiger partial charge on any atom is -0.478 e. The van der Waals surface area contributed by atoms with E-state index in [0.29, 0.717) is 25.2 Å². The highest BCUT2D eigenvalue weighted by Crippen LogP contribution is 2.11. The number of nitrogens with one attached hydrogen (secondary N) is 1. The van der Waals surface area contributed by atoms with E-state index in [9.17, 15) is 13.2 Å². The van der Waals surface area contributed by atoms with Gasteiger partial charge in [-0.05, 0) is 50.7 Å². The van der Waals surface area contributed by atoms with E-state index in [0.717, 1.165) is 19.0 Å². The van der Waals surface area contributed by atoms with Crippen molar-refractivity contribution in [1.29, 1.82) is 0 Å². The van der Waals surface area contributed by atoms with Gasteiger partial charge < -0.3 is 15.7 Å². The van der Waals surface area contributed by atoms with Gasteiger partial charge in [-0.15, -0.1) is 0 Å². The first kappa shape index (κ1) is 19.1. The van der Waals surface area contributed by atoms with Crippen LogP contribution in [0.15, 0.2) is 41.3 Å². The Labute approximate surface area is 136 Å². The summed E-state index contributed by atoms with van der Waals surface area (Å²) in [6, 6.07) is 6.04. The molecule has 0 aliphatic rings. The summed E-state index contributed by atoms with van der Waals surface area (Å²) in [7, 11) is -1.62. The predicted molar refractivity (Wildman–Crippen MR) is 89.5 cm³/mol. The summed E-state index contributed by atoms with van der Waals surface area (Å²) in [5.74, 6) is -0.963. The lowest BCUT2D eigenvalue weighted by Crippen LogP contribution is -2.26. The van der Waals surface area contributed by atoms with Crippen molar-refractivity contribution in [3.8, 4) is 0 Å². The molecule has 0 aliphatic heterocycles. The number of carboxylic acids is 1. The molecule has 0 fully saturated rings. The lowest BCUT2D eigenvalue weighted by atomic mass is 10.3. The Morgan fingerprint density at radius 1 is 1.30 bits per heavy atom. The molecular weight excluding hydrogens is 318 g/mol. The molecule has 1 aromatic carbocycles. The molecule has 0 spiro atoms. The molecule has 0 unspecified atom stereocenters. The maximum absolute atomic E-state index is 12.0. The van der Waals surface area contributed by atoms with Crippen LogP contribution in [0.1, 0.15) is 12.8 Å². The average molecular weight is 341 g/mol. The van der Waals surface area contributed by atoms with Crippen LogP contribution >= 0.6 is 0 Å². The van der Waals surface area contributed by atoms with Gasteiger partial charge in [0.15, 0.2) is 0 Å². The first-order chi connectivity index (χ1) is 10.8. The van der Waals surface area contributed by atoms with E-state index >= 15 is 0 Å². The van der Waals surface area contributed by atoms with Gasteiger partial charge in [-0.25, -0.2) is 17.9 Å². The van der Waals surface area contributed by atoms with Crippen molar-refractivity contribution in [3.63, 3.8) is 0 Å². The smallest absolute Gasteiger partial charge is 0.328 e. The van der Waals surface area contributed by atoms with E-state index in [2.05, 4.69) is 4.72 Å². The minimum absolute atomic E-state index is 0.197. The highest BCUT2D eigenvalue weighted by atomic mass is 32.2. The van der Waals surface area contributed by atoms with E-state index < -0.39 is 16.0 Å². The van der Waals surface area contributed by atoms with Crippen LogP contribution in [0, 0.1) is 0 Å². The van der Waals surface area contributed by atoms with E-state index in [1.807, 2.05) is 11.9 Å². The van der Waals surface area contributed by atoms with Gasteiger partial charge in [-0.1, -0.05) is 6.08 Å². The maximum Gasteiger partial charge on any atom is 0.328 e. The van der Waals surface area contributed by atoms with Crippen LogP contribution in [-0.4, -0.2) is 51.1 Å². The molecule has 0 saturated heterocycles. The molecule has 0 aliphatic carbocycles. The quantitative estimate of drug-likeness (QED) is 0.331. The van der Waals surface area contributed by atoms with Crippen molar-refractivity contribution in [3.05, 3.63) is 36.4 Å². The molecule has 0 amide bonds. The van der Waals surface area contributed by atoms with Crippen LogP contribution in [0.5, 0.6) is 0 Å². The number of nitrogens with two attached hydrogens (primary N) is 1. The number of carbonyl (C=O) groups is 1. The number of hydrogen-bond donors (Lipinski definition) is 3. The van der Waals surface area contributed by atoms with Gasteiger partial charge >= 0.3 is 5.97 Å². The molecule has 0 saturated carbocycles. The number of benzene rings is 1. The predicted octanol–water partition coefficient (Wildman–Crippen LogP) is 0.900. The molecule has 23 heavy (non-hydrogen) atoms. The molecule has 0 bridgehead atoms. The van der Waals surface area contributed by atoms with E-state index in [1.54, 1.807) is 18.2 Å². The van der Waals surface area contributed by atoms with Gasteiger partial charge in [0.1, 0.15) is 0 Å². The molecule has 0 radical (unpaired) electrons. The number of likely N-dealkylation sites (N-methyl/N-ethyl adjacent to an activating group) is 1. The number of nitrogen functional groups attached to an aromatic ring is 1. The number of rotatable bonds is 10. The normalized spacial score (nSPS) is 12.1. The lowest BCUT2D eigenvalue weighted by molar-refractivity contribution is -0.131. The largest absolute Gasteiger partial charge is 0.478 e. The molecule has 0 heterocycles. The van der Waals surface area contributed by atoms with Crippen LogP contribution in [-0.2, 0) is 14.8 Å². The summed E-state index contributed by atoms with van der Waals surface area (Å²) in [6.07, 6.45) is 4.19. The van der Waals surface area contributed by atoms with Crippen molar-refractivity contribution in [2.75, 3.05) is 32.4 Å². The summed E-state index contributed by atoms with van der Waals surface area (Å²) < 4.78 is 26.6. The Hall–Kier alpha value is -1.90. The van der Waals surface area contributed by atoms with Crippen LogP contribution in [0.3, 0.4) is 0 Å². The number of anilines is 1. The zero-order valence-corrected chi connectivity index (χ0v) is 13.9. The van der Waals surface area contributed by atoms with Gasteiger partial charge in [0.05, 0.1) is 4.90 Å². The van der Waals surface area contributed by atoms with Gasteiger partial charge in [0, 0.05) is 24.9 Å². The van der Waals surface area contributed by atoms with E-state index in [-0.39, 0.29) is 4.90 Å². The van der Waals surface area contributed by atoms with Crippen LogP contribution < -0.4 is 10.5 Å². The molecule has 7 nitrogen and oxygen atoms in total. The van der Waals surface area contributed by atoms with Gasteiger partial charge in [0.25, 0.3) is 0 Å². The van der Waals surface area contributed by atoms with E-state index in [1.165, 1.54) is 12.1 Å². The third kappa shape index (κ3) is 7.78. The number of nitrogens with zero attached hydrogens (tertiary/aromatic N) is 1. The second kappa shape index (κ2) is 9.29. The molecular formula is C15H23N3O4S. The van der Waals surface area contributed by atoms with Crippen molar-refractivity contribution in [2.24, 2.45) is 0 Å². The van der Waals surface area contributed by atoms with Crippen molar-refractivity contribution in [1.82, 2.24) is 9.62 Å². The number of hydrogen-bond acceptors (Lipinski definition) is 5. The Morgan fingerprint density at radius 2 is 1.96 bits per heavy atom. The maximum atomic E-state index is 12.0. The summed E-state index contributed by atoms with van der Waals surface area (Å²) in [6.45, 7) is 1.66. The van der Waals surface area contributed by atoms with Crippen molar-refractivity contribution >= 4 is 21.7 Å². The van der Waals surface area contributed by atoms with Gasteiger partial charge in [-0.2, -0.15) is 0 Å². The van der Waals surface area contributed by atoms with Crippen LogP contribution in [0.4, 0.5) is 5.69 Å². The first-order valence-electron chi connectivity index (χ1n) is 7.24. The third-order valence-electron chi connectivity index (χ3n) is 3.13. The Bertz CT molecular complexity index is 627. The highest BCUT2D eigenvalue weighted by Gasteiger charge is 2.12. The topological polar surface area (TPSA) is 113 Å². The van der Waals surface area contributed by atoms with Gasteiger partial charge in [0.2, 0.25) is 10.0 Å². The zero-order valence-electron chi connectivity index (χ0n) is 13.1.